The van der Waals surface area contributed by atoms with E-state index in [9.17, 15) is 0 Å². The van der Waals surface area contributed by atoms with Gasteiger partial charge in [0.25, 0.3) is 0 Å². The van der Waals surface area contributed by atoms with Crippen molar-refractivity contribution >= 4 is 0 Å². The van der Waals surface area contributed by atoms with Crippen molar-refractivity contribution in [2.75, 3.05) is 13.2 Å². The predicted molar refractivity (Wildman–Crippen MR) is 74.1 cm³/mol. The number of hydrogen-bond donors (Lipinski definition) is 0. The zero-order chi connectivity index (χ0) is 13.3. The Kier molecular flexibility index (Phi) is 8.53. The van der Waals surface area contributed by atoms with Crippen LogP contribution in [0.15, 0.2) is 11.6 Å². The van der Waals surface area contributed by atoms with Gasteiger partial charge in [0, 0.05) is 19.6 Å². The van der Waals surface area contributed by atoms with Crippen molar-refractivity contribution < 1.29 is 9.47 Å². The third kappa shape index (κ3) is 8.39. The molecule has 1 unspecified atom stereocenters. The second-order valence-corrected chi connectivity index (χ2v) is 5.17. The van der Waals surface area contributed by atoms with E-state index in [1.807, 2.05) is 13.8 Å². The van der Waals surface area contributed by atoms with Crippen LogP contribution in [0.5, 0.6) is 0 Å². The van der Waals surface area contributed by atoms with E-state index in [1.165, 1.54) is 12.0 Å². The van der Waals surface area contributed by atoms with E-state index in [1.54, 1.807) is 0 Å². The van der Waals surface area contributed by atoms with Gasteiger partial charge < -0.3 is 9.47 Å². The molecule has 1 atom stereocenters. The fraction of sp³-hybridized carbons (Fsp3) is 0.867. The molecule has 0 aliphatic rings. The van der Waals surface area contributed by atoms with Gasteiger partial charge in [-0.25, -0.2) is 0 Å². The highest BCUT2D eigenvalue weighted by Crippen LogP contribution is 2.25. The third-order valence-corrected chi connectivity index (χ3v) is 2.83. The zero-order valence-corrected chi connectivity index (χ0v) is 12.5. The van der Waals surface area contributed by atoms with Crippen LogP contribution in [-0.4, -0.2) is 19.0 Å². The Labute approximate surface area is 107 Å². The Balaban J connectivity index is 4.11. The SMILES string of the molecule is CCOC(C)(CC(C)CCC=C(C)C)OCC. The van der Waals surface area contributed by atoms with Crippen LogP contribution < -0.4 is 0 Å². The Morgan fingerprint density at radius 1 is 1.18 bits per heavy atom. The van der Waals surface area contributed by atoms with Crippen LogP contribution in [0.4, 0.5) is 0 Å². The average molecular weight is 242 g/mol. The van der Waals surface area contributed by atoms with Crippen LogP contribution in [-0.2, 0) is 9.47 Å². The molecule has 0 rings (SSSR count). The van der Waals surface area contributed by atoms with Gasteiger partial charge in [-0.3, -0.25) is 0 Å². The molecule has 102 valence electrons. The maximum absolute atomic E-state index is 5.73. The Bertz CT molecular complexity index is 211. The summed E-state index contributed by atoms with van der Waals surface area (Å²) in [7, 11) is 0. The molecular weight excluding hydrogens is 212 g/mol. The van der Waals surface area contributed by atoms with Gasteiger partial charge in [-0.15, -0.1) is 0 Å². The second kappa shape index (κ2) is 8.71. The highest BCUT2D eigenvalue weighted by molar-refractivity contribution is 4.92. The van der Waals surface area contributed by atoms with E-state index in [4.69, 9.17) is 9.47 Å². The predicted octanol–water partition coefficient (Wildman–Crippen LogP) is 4.55. The van der Waals surface area contributed by atoms with Crippen LogP contribution >= 0.6 is 0 Å². The molecule has 0 aliphatic heterocycles. The molecule has 0 fully saturated rings. The standard InChI is InChI=1S/C15H30O2/c1-7-16-15(6,17-8-2)12-14(5)11-9-10-13(3)4/h10,14H,7-9,11-12H2,1-6H3. The van der Waals surface area contributed by atoms with E-state index in [0.717, 1.165) is 12.8 Å². The molecule has 0 saturated heterocycles. The van der Waals surface area contributed by atoms with E-state index in [-0.39, 0.29) is 0 Å². The molecule has 0 aromatic heterocycles. The summed E-state index contributed by atoms with van der Waals surface area (Å²) >= 11 is 0. The van der Waals surface area contributed by atoms with Crippen LogP contribution in [0.25, 0.3) is 0 Å². The molecule has 2 heteroatoms. The van der Waals surface area contributed by atoms with Gasteiger partial charge >= 0.3 is 0 Å². The minimum Gasteiger partial charge on any atom is -0.351 e. The molecular formula is C15H30O2. The van der Waals surface area contributed by atoms with Crippen LogP contribution in [0.3, 0.4) is 0 Å². The van der Waals surface area contributed by atoms with Crippen molar-refractivity contribution in [2.45, 2.75) is 66.6 Å². The lowest BCUT2D eigenvalue weighted by Gasteiger charge is -2.31. The van der Waals surface area contributed by atoms with Gasteiger partial charge in [0.2, 0.25) is 0 Å². The highest BCUT2D eigenvalue weighted by atomic mass is 16.7. The van der Waals surface area contributed by atoms with Crippen molar-refractivity contribution in [3.05, 3.63) is 11.6 Å². The highest BCUT2D eigenvalue weighted by Gasteiger charge is 2.27. The molecule has 0 bridgehead atoms. The lowest BCUT2D eigenvalue weighted by atomic mass is 9.96. The van der Waals surface area contributed by atoms with Gasteiger partial charge in [-0.2, -0.15) is 0 Å². The van der Waals surface area contributed by atoms with E-state index >= 15 is 0 Å². The van der Waals surface area contributed by atoms with E-state index in [0.29, 0.717) is 19.1 Å². The zero-order valence-electron chi connectivity index (χ0n) is 12.5. The minimum absolute atomic E-state index is 0.409. The molecule has 0 saturated carbocycles. The molecule has 0 radical (unpaired) electrons. The summed E-state index contributed by atoms with van der Waals surface area (Å²) in [6.07, 6.45) is 5.61. The fourth-order valence-corrected chi connectivity index (χ4v) is 2.16. The summed E-state index contributed by atoms with van der Waals surface area (Å²) in [4.78, 5) is 0. The van der Waals surface area contributed by atoms with Crippen LogP contribution in [0, 0.1) is 5.92 Å². The number of allylic oxidation sites excluding steroid dienone is 2. The first kappa shape index (κ1) is 16.7. The topological polar surface area (TPSA) is 18.5 Å². The second-order valence-electron chi connectivity index (χ2n) is 5.17. The lowest BCUT2D eigenvalue weighted by molar-refractivity contribution is -0.229. The molecule has 0 N–H and O–H groups in total. The van der Waals surface area contributed by atoms with Gasteiger partial charge in [0.15, 0.2) is 5.79 Å². The van der Waals surface area contributed by atoms with Crippen LogP contribution in [0.2, 0.25) is 0 Å². The quantitative estimate of drug-likeness (QED) is 0.436. The Morgan fingerprint density at radius 2 is 1.71 bits per heavy atom. The molecule has 17 heavy (non-hydrogen) atoms. The van der Waals surface area contributed by atoms with Crippen molar-refractivity contribution in [1.29, 1.82) is 0 Å². The minimum atomic E-state index is -0.409. The van der Waals surface area contributed by atoms with Crippen LogP contribution in [0.1, 0.15) is 60.8 Å². The molecule has 0 aliphatic carbocycles. The summed E-state index contributed by atoms with van der Waals surface area (Å²) in [6.45, 7) is 14.1. The van der Waals surface area contributed by atoms with Gasteiger partial charge in [0.05, 0.1) is 0 Å². The summed E-state index contributed by atoms with van der Waals surface area (Å²) in [6, 6.07) is 0. The molecule has 0 spiro atoms. The van der Waals surface area contributed by atoms with Gasteiger partial charge in [-0.05, 0) is 53.4 Å². The lowest BCUT2D eigenvalue weighted by Crippen LogP contribution is -2.34. The molecule has 0 heterocycles. The average Bonchev–Trinajstić information content (AvgIpc) is 2.16. The summed E-state index contributed by atoms with van der Waals surface area (Å²) in [5.41, 5.74) is 1.40. The third-order valence-electron chi connectivity index (χ3n) is 2.83. The Hall–Kier alpha value is -0.340. The fourth-order valence-electron chi connectivity index (χ4n) is 2.16. The van der Waals surface area contributed by atoms with Gasteiger partial charge in [0.1, 0.15) is 0 Å². The van der Waals surface area contributed by atoms with Crippen molar-refractivity contribution in [2.24, 2.45) is 5.92 Å². The van der Waals surface area contributed by atoms with Crippen molar-refractivity contribution in [1.82, 2.24) is 0 Å². The first-order valence-electron chi connectivity index (χ1n) is 6.84. The van der Waals surface area contributed by atoms with E-state index in [2.05, 4.69) is 33.8 Å². The maximum atomic E-state index is 5.73. The van der Waals surface area contributed by atoms with E-state index < -0.39 is 5.79 Å². The smallest absolute Gasteiger partial charge is 0.165 e. The number of ether oxygens (including phenoxy) is 2. The van der Waals surface area contributed by atoms with Gasteiger partial charge in [-0.1, -0.05) is 18.6 Å². The summed E-state index contributed by atoms with van der Waals surface area (Å²) < 4.78 is 11.5. The number of rotatable bonds is 9. The number of hydrogen-bond acceptors (Lipinski definition) is 2. The monoisotopic (exact) mass is 242 g/mol. The Morgan fingerprint density at radius 3 is 2.12 bits per heavy atom. The normalized spacial score (nSPS) is 13.5. The molecule has 0 aromatic rings. The molecule has 0 aromatic carbocycles. The summed E-state index contributed by atoms with van der Waals surface area (Å²) in [5.74, 6) is 0.210. The van der Waals surface area contributed by atoms with Crippen molar-refractivity contribution in [3.8, 4) is 0 Å². The largest absolute Gasteiger partial charge is 0.351 e. The summed E-state index contributed by atoms with van der Waals surface area (Å²) in [5, 5.41) is 0. The maximum Gasteiger partial charge on any atom is 0.165 e. The molecule has 0 amide bonds. The van der Waals surface area contributed by atoms with Crippen molar-refractivity contribution in [3.63, 3.8) is 0 Å². The first-order chi connectivity index (χ1) is 7.93. The first-order valence-corrected chi connectivity index (χ1v) is 6.84. The molecule has 2 nitrogen and oxygen atoms in total.